The molecule has 0 aliphatic carbocycles. The molecular formula is C33H25F13N2O4. The van der Waals surface area contributed by atoms with Gasteiger partial charge in [-0.25, -0.2) is 43.9 Å². The number of hydrogen-bond acceptors (Lipinski definition) is 5. The van der Waals surface area contributed by atoms with Gasteiger partial charge in [-0.15, -0.1) is 0 Å². The molecule has 19 heteroatoms. The molecule has 0 saturated heterocycles. The number of benzene rings is 4. The summed E-state index contributed by atoms with van der Waals surface area (Å²) in [5.74, 6) is -23.4. The molecule has 0 aromatic heterocycles. The highest BCUT2D eigenvalue weighted by Crippen LogP contribution is 2.27. The van der Waals surface area contributed by atoms with E-state index in [-0.39, 0.29) is 11.5 Å². The van der Waals surface area contributed by atoms with Crippen molar-refractivity contribution < 1.29 is 82.2 Å². The van der Waals surface area contributed by atoms with Crippen LogP contribution in [0.4, 0.5) is 57.1 Å². The van der Waals surface area contributed by atoms with Gasteiger partial charge in [0.15, 0.2) is 46.5 Å². The highest BCUT2D eigenvalue weighted by Gasteiger charge is 2.29. The van der Waals surface area contributed by atoms with Crippen molar-refractivity contribution in [1.29, 1.82) is 0 Å². The van der Waals surface area contributed by atoms with E-state index in [1.807, 2.05) is 0 Å². The van der Waals surface area contributed by atoms with Crippen LogP contribution in [-0.2, 0) is 31.1 Å². The zero-order chi connectivity index (χ0) is 38.9. The molecule has 0 atom stereocenters. The molecule has 0 radical (unpaired) electrons. The lowest BCUT2D eigenvalue weighted by Crippen LogP contribution is -2.51. The van der Waals surface area contributed by atoms with Crippen molar-refractivity contribution in [2.45, 2.75) is 38.9 Å². The van der Waals surface area contributed by atoms with Crippen molar-refractivity contribution in [2.75, 3.05) is 13.1 Å². The Bertz CT molecular complexity index is 1680. The van der Waals surface area contributed by atoms with Gasteiger partial charge in [-0.1, -0.05) is 24.3 Å². The molecule has 0 unspecified atom stereocenters. The highest BCUT2D eigenvalue weighted by atomic mass is 19.4. The van der Waals surface area contributed by atoms with Crippen molar-refractivity contribution in [2.24, 2.45) is 0 Å². The van der Waals surface area contributed by atoms with Gasteiger partial charge in [0.25, 0.3) is 0 Å². The quantitative estimate of drug-likeness (QED) is 0.100. The van der Waals surface area contributed by atoms with E-state index in [1.165, 1.54) is 24.3 Å². The number of aliphatic carboxylic acids is 1. The third-order valence-corrected chi connectivity index (χ3v) is 6.98. The first-order valence-electron chi connectivity index (χ1n) is 14.6. The van der Waals surface area contributed by atoms with Gasteiger partial charge < -0.3 is 25.1 Å². The SMILES string of the molecule is O=C([O-])C(F)(F)F.[NH3+]CCCN(Cc1ccc(OCc2c(F)c(F)c(F)c(F)c2F)cc1)Cc1ccc(OCc2c(F)c(F)c(F)c(F)c2F)cc1. The van der Waals surface area contributed by atoms with E-state index < -0.39 is 94.7 Å². The van der Waals surface area contributed by atoms with Crippen LogP contribution < -0.4 is 20.3 Å². The molecule has 52 heavy (non-hydrogen) atoms. The first-order valence-corrected chi connectivity index (χ1v) is 14.6. The van der Waals surface area contributed by atoms with Gasteiger partial charge in [-0.3, -0.25) is 4.90 Å². The number of carboxylic acids is 1. The number of carbonyl (C=O) groups is 1. The summed E-state index contributed by atoms with van der Waals surface area (Å²) in [6.07, 6.45) is -4.44. The van der Waals surface area contributed by atoms with E-state index in [9.17, 15) is 57.1 Å². The normalized spacial score (nSPS) is 11.4. The van der Waals surface area contributed by atoms with Crippen LogP contribution in [0.25, 0.3) is 0 Å². The van der Waals surface area contributed by atoms with Gasteiger partial charge >= 0.3 is 6.18 Å². The molecule has 0 spiro atoms. The monoisotopic (exact) mass is 760 g/mol. The number of carbonyl (C=O) groups excluding carboxylic acids is 1. The van der Waals surface area contributed by atoms with Crippen molar-refractivity contribution >= 4 is 5.97 Å². The molecule has 0 aliphatic rings. The maximum absolute atomic E-state index is 13.9. The fourth-order valence-corrected chi connectivity index (χ4v) is 4.31. The predicted octanol–water partition coefficient (Wildman–Crippen LogP) is 6.17. The lowest BCUT2D eigenvalue weighted by Gasteiger charge is -2.22. The number of alkyl halides is 3. The lowest BCUT2D eigenvalue weighted by atomic mass is 10.1. The summed E-state index contributed by atoms with van der Waals surface area (Å²) in [6, 6.07) is 12.6. The van der Waals surface area contributed by atoms with Crippen LogP contribution in [-0.4, -0.2) is 30.1 Å². The molecule has 0 amide bonds. The second-order valence-electron chi connectivity index (χ2n) is 10.7. The van der Waals surface area contributed by atoms with Crippen LogP contribution in [0, 0.1) is 58.2 Å². The van der Waals surface area contributed by atoms with Gasteiger partial charge in [0.2, 0.25) is 11.6 Å². The molecular weight excluding hydrogens is 735 g/mol. The summed E-state index contributed by atoms with van der Waals surface area (Å²) >= 11 is 0. The summed E-state index contributed by atoms with van der Waals surface area (Å²) in [6.45, 7) is 0.406. The molecule has 0 fully saturated rings. The van der Waals surface area contributed by atoms with E-state index in [2.05, 4.69) is 10.6 Å². The third kappa shape index (κ3) is 10.5. The van der Waals surface area contributed by atoms with Gasteiger partial charge in [0, 0.05) is 26.1 Å². The van der Waals surface area contributed by atoms with Crippen LogP contribution in [0.2, 0.25) is 0 Å². The molecule has 4 aromatic rings. The van der Waals surface area contributed by atoms with Crippen LogP contribution in [0.1, 0.15) is 28.7 Å². The Kier molecular flexibility index (Phi) is 14.3. The topological polar surface area (TPSA) is 89.5 Å². The number of halogens is 13. The Morgan fingerprint density at radius 3 is 1.13 bits per heavy atom. The number of quaternary nitrogens is 1. The second-order valence-corrected chi connectivity index (χ2v) is 10.7. The van der Waals surface area contributed by atoms with Gasteiger partial charge in [0.1, 0.15) is 30.7 Å². The number of ether oxygens (including phenoxy) is 2. The van der Waals surface area contributed by atoms with Crippen LogP contribution in [0.3, 0.4) is 0 Å². The molecule has 4 aromatic carbocycles. The van der Waals surface area contributed by atoms with Crippen LogP contribution in [0.5, 0.6) is 11.5 Å². The number of carboxylic acid groups (broad SMARTS) is 1. The molecule has 0 heterocycles. The fraction of sp³-hybridized carbons (Fsp3) is 0.242. The third-order valence-electron chi connectivity index (χ3n) is 6.98. The first kappa shape index (κ1) is 41.4. The number of rotatable bonds is 13. The van der Waals surface area contributed by atoms with Crippen molar-refractivity contribution in [3.05, 3.63) is 129 Å². The Balaban J connectivity index is 0.000000944. The molecule has 3 N–H and O–H groups in total. The van der Waals surface area contributed by atoms with Crippen molar-refractivity contribution in [3.8, 4) is 11.5 Å². The predicted molar refractivity (Wildman–Crippen MR) is 152 cm³/mol. The Morgan fingerprint density at radius 1 is 0.577 bits per heavy atom. The molecule has 4 rings (SSSR count). The zero-order valence-corrected chi connectivity index (χ0v) is 26.3. The minimum absolute atomic E-state index is 0.133. The Morgan fingerprint density at radius 2 is 0.865 bits per heavy atom. The van der Waals surface area contributed by atoms with Gasteiger partial charge in [-0.2, -0.15) is 13.2 Å². The molecule has 6 nitrogen and oxygen atoms in total. The van der Waals surface area contributed by atoms with E-state index in [0.717, 1.165) is 17.5 Å². The standard InChI is InChI=1S/C31H24F10N2O2.C2HF3O2/c32-22-20(23(33)27(37)30(40)26(22)36)14-44-18-6-2-16(3-7-18)12-43(11-1-10-42)13-17-4-8-19(9-5-17)45-15-21-24(34)28(38)31(41)29(39)25(21)35;3-2(4,5)1(6)7/h2-9H,1,10-15,42H2;(H,6,7). The van der Waals surface area contributed by atoms with Gasteiger partial charge in [-0.05, 0) is 35.4 Å². The highest BCUT2D eigenvalue weighted by molar-refractivity contribution is 5.70. The van der Waals surface area contributed by atoms with E-state index in [4.69, 9.17) is 19.4 Å². The first-order chi connectivity index (χ1) is 24.4. The van der Waals surface area contributed by atoms with Crippen LogP contribution >= 0.6 is 0 Å². The zero-order valence-electron chi connectivity index (χ0n) is 26.3. The number of nitrogens with zero attached hydrogens (tertiary/aromatic N) is 1. The maximum atomic E-state index is 13.9. The van der Waals surface area contributed by atoms with E-state index in [0.29, 0.717) is 26.2 Å². The maximum Gasteiger partial charge on any atom is 0.430 e. The minimum Gasteiger partial charge on any atom is -0.542 e. The van der Waals surface area contributed by atoms with E-state index in [1.54, 1.807) is 24.3 Å². The van der Waals surface area contributed by atoms with Crippen molar-refractivity contribution in [3.63, 3.8) is 0 Å². The van der Waals surface area contributed by atoms with E-state index >= 15 is 0 Å². The lowest BCUT2D eigenvalue weighted by molar-refractivity contribution is -0.368. The Hall–Kier alpha value is -5.04. The summed E-state index contributed by atoms with van der Waals surface area (Å²) in [4.78, 5) is 10.9. The second kappa shape index (κ2) is 17.9. The molecule has 0 bridgehead atoms. The molecule has 282 valence electrons. The summed E-state index contributed by atoms with van der Waals surface area (Å²) in [7, 11) is 0. The number of hydrogen-bond donors (Lipinski definition) is 1. The summed E-state index contributed by atoms with van der Waals surface area (Å²) < 4.78 is 178. The van der Waals surface area contributed by atoms with Gasteiger partial charge in [0.05, 0.1) is 17.7 Å². The summed E-state index contributed by atoms with van der Waals surface area (Å²) in [5, 5.41) is 8.78. The average molecular weight is 761 g/mol. The molecule has 0 saturated carbocycles. The Labute approximate surface area is 285 Å². The summed E-state index contributed by atoms with van der Waals surface area (Å²) in [5.41, 5.74) is 3.27. The smallest absolute Gasteiger partial charge is 0.430 e. The fourth-order valence-electron chi connectivity index (χ4n) is 4.31. The van der Waals surface area contributed by atoms with Crippen molar-refractivity contribution in [1.82, 2.24) is 4.90 Å². The molecule has 0 aliphatic heterocycles. The largest absolute Gasteiger partial charge is 0.542 e. The minimum atomic E-state index is -5.19. The average Bonchev–Trinajstić information content (AvgIpc) is 3.11. The van der Waals surface area contributed by atoms with Crippen LogP contribution in [0.15, 0.2) is 48.5 Å².